The average molecular weight is 375 g/mol. The van der Waals surface area contributed by atoms with Gasteiger partial charge in [0.05, 0.1) is 11.1 Å². The molecule has 1 saturated heterocycles. The van der Waals surface area contributed by atoms with Crippen LogP contribution >= 0.6 is 11.6 Å². The monoisotopic (exact) mass is 374 g/mol. The number of rotatable bonds is 3. The van der Waals surface area contributed by atoms with E-state index in [0.29, 0.717) is 18.7 Å². The molecule has 1 fully saturated rings. The van der Waals surface area contributed by atoms with Crippen molar-refractivity contribution >= 4 is 29.1 Å². The molecule has 2 aromatic heterocycles. The molecule has 136 valence electrons. The highest BCUT2D eigenvalue weighted by Gasteiger charge is 2.20. The van der Waals surface area contributed by atoms with E-state index >= 15 is 0 Å². The summed E-state index contributed by atoms with van der Waals surface area (Å²) in [5.74, 6) is -0.627. The molecule has 1 N–H and O–H groups in total. The van der Waals surface area contributed by atoms with Crippen LogP contribution in [0, 0.1) is 0 Å². The van der Waals surface area contributed by atoms with Gasteiger partial charge in [-0.05, 0) is 37.5 Å². The quantitative estimate of drug-likeness (QED) is 0.835. The van der Waals surface area contributed by atoms with E-state index in [1.54, 1.807) is 11.9 Å². The standard InChI is InChI=1S/C18H19ClN4O3/c1-22-11-13(17(25)23-7-3-2-4-8-23)9-14(18(22)26)21-16(24)12-5-6-15(19)20-10-12/h5-6,9-11H,2-4,7-8H2,1H3,(H,21,24). The van der Waals surface area contributed by atoms with E-state index in [2.05, 4.69) is 10.3 Å². The van der Waals surface area contributed by atoms with Gasteiger partial charge < -0.3 is 14.8 Å². The second-order valence-electron chi connectivity index (χ2n) is 6.24. The van der Waals surface area contributed by atoms with Gasteiger partial charge in [-0.1, -0.05) is 11.6 Å². The number of hydrogen-bond donors (Lipinski definition) is 1. The number of piperidine rings is 1. The van der Waals surface area contributed by atoms with Crippen molar-refractivity contribution in [3.05, 3.63) is 57.2 Å². The summed E-state index contributed by atoms with van der Waals surface area (Å²) in [6.07, 6.45) is 5.90. The zero-order valence-electron chi connectivity index (χ0n) is 14.4. The van der Waals surface area contributed by atoms with Crippen molar-refractivity contribution in [1.82, 2.24) is 14.5 Å². The molecule has 1 aliphatic rings. The van der Waals surface area contributed by atoms with Crippen LogP contribution in [0.2, 0.25) is 5.15 Å². The molecule has 0 spiro atoms. The number of likely N-dealkylation sites (tertiary alicyclic amines) is 1. The van der Waals surface area contributed by atoms with Crippen LogP contribution in [-0.4, -0.2) is 39.4 Å². The van der Waals surface area contributed by atoms with Gasteiger partial charge in [-0.25, -0.2) is 4.98 Å². The Morgan fingerprint density at radius 2 is 1.88 bits per heavy atom. The van der Waals surface area contributed by atoms with Gasteiger partial charge in [0, 0.05) is 32.5 Å². The lowest BCUT2D eigenvalue weighted by Gasteiger charge is -2.27. The molecule has 1 aliphatic heterocycles. The van der Waals surface area contributed by atoms with Crippen molar-refractivity contribution in [2.45, 2.75) is 19.3 Å². The Hall–Kier alpha value is -2.67. The normalized spacial score (nSPS) is 14.2. The Morgan fingerprint density at radius 1 is 1.15 bits per heavy atom. The van der Waals surface area contributed by atoms with Crippen LogP contribution < -0.4 is 10.9 Å². The second-order valence-corrected chi connectivity index (χ2v) is 6.62. The first-order valence-corrected chi connectivity index (χ1v) is 8.76. The summed E-state index contributed by atoms with van der Waals surface area (Å²) < 4.78 is 1.30. The lowest BCUT2D eigenvalue weighted by atomic mass is 10.1. The smallest absolute Gasteiger partial charge is 0.274 e. The summed E-state index contributed by atoms with van der Waals surface area (Å²) in [5, 5.41) is 2.83. The third-order valence-electron chi connectivity index (χ3n) is 4.31. The number of aromatic nitrogens is 2. The van der Waals surface area contributed by atoms with Gasteiger partial charge in [-0.3, -0.25) is 14.4 Å². The minimum atomic E-state index is -0.492. The molecular weight excluding hydrogens is 356 g/mol. The van der Waals surface area contributed by atoms with Crippen molar-refractivity contribution in [3.8, 4) is 0 Å². The minimum absolute atomic E-state index is 0.0512. The van der Waals surface area contributed by atoms with Crippen LogP contribution in [0.3, 0.4) is 0 Å². The van der Waals surface area contributed by atoms with Crippen molar-refractivity contribution in [2.24, 2.45) is 7.05 Å². The summed E-state index contributed by atoms with van der Waals surface area (Å²) >= 11 is 5.71. The van der Waals surface area contributed by atoms with E-state index in [1.165, 1.54) is 35.2 Å². The summed E-state index contributed by atoms with van der Waals surface area (Å²) in [7, 11) is 1.55. The molecule has 0 bridgehead atoms. The zero-order chi connectivity index (χ0) is 18.7. The largest absolute Gasteiger partial charge is 0.339 e. The zero-order valence-corrected chi connectivity index (χ0v) is 15.1. The van der Waals surface area contributed by atoms with Crippen LogP contribution in [0.5, 0.6) is 0 Å². The lowest BCUT2D eigenvalue weighted by Crippen LogP contribution is -2.36. The van der Waals surface area contributed by atoms with Crippen LogP contribution in [0.4, 0.5) is 5.69 Å². The van der Waals surface area contributed by atoms with Gasteiger partial charge in [0.15, 0.2) is 0 Å². The number of halogens is 1. The summed E-state index contributed by atoms with van der Waals surface area (Å²) in [6.45, 7) is 1.42. The molecule has 3 rings (SSSR count). The van der Waals surface area contributed by atoms with Crippen LogP contribution in [0.15, 0.2) is 35.4 Å². The van der Waals surface area contributed by atoms with E-state index in [0.717, 1.165) is 19.3 Å². The lowest BCUT2D eigenvalue weighted by molar-refractivity contribution is 0.0723. The first-order chi connectivity index (χ1) is 12.5. The number of pyridine rings is 2. The predicted molar refractivity (Wildman–Crippen MR) is 98.6 cm³/mol. The number of nitrogens with one attached hydrogen (secondary N) is 1. The van der Waals surface area contributed by atoms with E-state index in [4.69, 9.17) is 11.6 Å². The van der Waals surface area contributed by atoms with E-state index in [9.17, 15) is 14.4 Å². The number of anilines is 1. The molecule has 0 aromatic carbocycles. The third kappa shape index (κ3) is 3.94. The number of nitrogens with zero attached hydrogens (tertiary/aromatic N) is 3. The fourth-order valence-corrected chi connectivity index (χ4v) is 3.01. The summed E-state index contributed by atoms with van der Waals surface area (Å²) in [4.78, 5) is 43.0. The Morgan fingerprint density at radius 3 is 2.54 bits per heavy atom. The maximum absolute atomic E-state index is 12.7. The predicted octanol–water partition coefficient (Wildman–Crippen LogP) is 2.31. The van der Waals surface area contributed by atoms with Gasteiger partial charge in [0.2, 0.25) is 0 Å². The van der Waals surface area contributed by atoms with Gasteiger partial charge in [-0.2, -0.15) is 0 Å². The van der Waals surface area contributed by atoms with Crippen molar-refractivity contribution in [2.75, 3.05) is 18.4 Å². The van der Waals surface area contributed by atoms with Crippen molar-refractivity contribution in [3.63, 3.8) is 0 Å². The van der Waals surface area contributed by atoms with Crippen molar-refractivity contribution < 1.29 is 9.59 Å². The highest BCUT2D eigenvalue weighted by atomic mass is 35.5. The second kappa shape index (κ2) is 7.70. The average Bonchev–Trinajstić information content (AvgIpc) is 2.65. The van der Waals surface area contributed by atoms with E-state index in [-0.39, 0.29) is 22.3 Å². The Bertz CT molecular complexity index is 886. The number of carbonyl (C=O) groups excluding carboxylic acids is 2. The van der Waals surface area contributed by atoms with Crippen molar-refractivity contribution in [1.29, 1.82) is 0 Å². The number of aryl methyl sites for hydroxylation is 1. The highest BCUT2D eigenvalue weighted by Crippen LogP contribution is 2.15. The maximum Gasteiger partial charge on any atom is 0.274 e. The maximum atomic E-state index is 12.7. The molecule has 3 heterocycles. The molecule has 0 aliphatic carbocycles. The Balaban J connectivity index is 1.86. The third-order valence-corrected chi connectivity index (χ3v) is 4.53. The summed E-state index contributed by atoms with van der Waals surface area (Å²) in [5.41, 5.74) is 0.300. The first kappa shape index (κ1) is 18.1. The molecule has 0 saturated carbocycles. The summed E-state index contributed by atoms with van der Waals surface area (Å²) in [6, 6.07) is 4.43. The molecule has 0 unspecified atom stereocenters. The Labute approximate surface area is 155 Å². The van der Waals surface area contributed by atoms with Crippen LogP contribution in [-0.2, 0) is 7.05 Å². The molecule has 2 aromatic rings. The molecule has 7 nitrogen and oxygen atoms in total. The molecule has 0 atom stereocenters. The Kier molecular flexibility index (Phi) is 5.37. The first-order valence-electron chi connectivity index (χ1n) is 8.38. The molecule has 26 heavy (non-hydrogen) atoms. The van der Waals surface area contributed by atoms with E-state index < -0.39 is 11.5 Å². The van der Waals surface area contributed by atoms with Gasteiger partial charge in [-0.15, -0.1) is 0 Å². The molecule has 8 heteroatoms. The fourth-order valence-electron chi connectivity index (χ4n) is 2.90. The topological polar surface area (TPSA) is 84.3 Å². The van der Waals surface area contributed by atoms with E-state index in [1.807, 2.05) is 0 Å². The number of amides is 2. The van der Waals surface area contributed by atoms with Crippen LogP contribution in [0.25, 0.3) is 0 Å². The fraction of sp³-hybridized carbons (Fsp3) is 0.333. The molecular formula is C18H19ClN4O3. The van der Waals surface area contributed by atoms with Crippen LogP contribution in [0.1, 0.15) is 40.0 Å². The van der Waals surface area contributed by atoms with Gasteiger partial charge >= 0.3 is 0 Å². The molecule has 2 amide bonds. The SMILES string of the molecule is Cn1cc(C(=O)N2CCCCC2)cc(NC(=O)c2ccc(Cl)nc2)c1=O. The minimum Gasteiger partial charge on any atom is -0.339 e. The number of carbonyl (C=O) groups is 2. The highest BCUT2D eigenvalue weighted by molar-refractivity contribution is 6.29. The number of hydrogen-bond acceptors (Lipinski definition) is 4. The van der Waals surface area contributed by atoms with Gasteiger partial charge in [0.1, 0.15) is 10.8 Å². The molecule has 0 radical (unpaired) electrons. The van der Waals surface area contributed by atoms with Gasteiger partial charge in [0.25, 0.3) is 17.4 Å².